The molecular weight excluding hydrogens is 399 g/mol. The van der Waals surface area contributed by atoms with E-state index in [1.807, 2.05) is 11.4 Å². The van der Waals surface area contributed by atoms with Crippen molar-refractivity contribution in [3.63, 3.8) is 0 Å². The van der Waals surface area contributed by atoms with Gasteiger partial charge in [-0.15, -0.1) is 0 Å². The fraction of sp³-hybridized carbons (Fsp3) is 0.176. The molecule has 0 atom stereocenters. The zero-order chi connectivity index (χ0) is 20.8. The predicted molar refractivity (Wildman–Crippen MR) is 93.1 cm³/mol. The molecule has 0 spiro atoms. The van der Waals surface area contributed by atoms with Crippen LogP contribution in [0.2, 0.25) is 0 Å². The number of thioether (sulfide) groups is 1. The van der Waals surface area contributed by atoms with Crippen molar-refractivity contribution in [3.8, 4) is 6.07 Å². The van der Waals surface area contributed by atoms with Crippen LogP contribution in [0.25, 0.3) is 0 Å². The van der Waals surface area contributed by atoms with Crippen molar-refractivity contribution in [2.45, 2.75) is 11.9 Å². The summed E-state index contributed by atoms with van der Waals surface area (Å²) < 4.78 is 44.1. The molecule has 146 valence electrons. The minimum Gasteiger partial charge on any atom is -0.455 e. The monoisotopic (exact) mass is 411 g/mol. The molecule has 28 heavy (non-hydrogen) atoms. The first-order valence-electron chi connectivity index (χ1n) is 7.58. The second-order valence-corrected chi connectivity index (χ2v) is 6.34. The van der Waals surface area contributed by atoms with Crippen LogP contribution in [0.1, 0.15) is 11.1 Å². The summed E-state index contributed by atoms with van der Waals surface area (Å²) >= 11 is 0.834. The zero-order valence-corrected chi connectivity index (χ0v) is 15.1. The van der Waals surface area contributed by atoms with Crippen LogP contribution in [-0.2, 0) is 14.3 Å². The number of H-pyrrole nitrogens is 1. The fourth-order valence-corrected chi connectivity index (χ4v) is 2.90. The maximum Gasteiger partial charge on any atom is 0.316 e. The Morgan fingerprint density at radius 2 is 2.00 bits per heavy atom. The molecule has 1 heterocycles. The largest absolute Gasteiger partial charge is 0.455 e. The quantitative estimate of drug-likeness (QED) is 0.428. The topological polar surface area (TPSA) is 112 Å². The smallest absolute Gasteiger partial charge is 0.316 e. The molecule has 0 aliphatic heterocycles. The lowest BCUT2D eigenvalue weighted by molar-refractivity contribution is -0.144. The van der Waals surface area contributed by atoms with Gasteiger partial charge in [-0.3, -0.25) is 14.4 Å². The molecule has 0 saturated carbocycles. The van der Waals surface area contributed by atoms with Gasteiger partial charge in [0.05, 0.1) is 22.0 Å². The summed E-state index contributed by atoms with van der Waals surface area (Å²) in [5.74, 6) is -6.87. The number of aromatic amines is 1. The van der Waals surface area contributed by atoms with E-state index in [2.05, 4.69) is 9.72 Å². The highest BCUT2D eigenvalue weighted by Gasteiger charge is 2.17. The number of halogens is 3. The Balaban J connectivity index is 1.90. The van der Waals surface area contributed by atoms with E-state index in [-0.39, 0.29) is 16.3 Å². The van der Waals surface area contributed by atoms with Gasteiger partial charge in [0.25, 0.3) is 5.91 Å². The van der Waals surface area contributed by atoms with Gasteiger partial charge in [-0.25, -0.2) is 13.2 Å². The summed E-state index contributed by atoms with van der Waals surface area (Å²) in [6, 6.07) is 4.60. The molecule has 1 aromatic carbocycles. The number of anilines is 1. The summed E-state index contributed by atoms with van der Waals surface area (Å²) in [6.07, 6.45) is 0. The van der Waals surface area contributed by atoms with Crippen LogP contribution in [0.5, 0.6) is 0 Å². The van der Waals surface area contributed by atoms with Crippen LogP contribution in [0.4, 0.5) is 18.9 Å². The Labute approximate surface area is 160 Å². The van der Waals surface area contributed by atoms with Crippen molar-refractivity contribution in [2.75, 3.05) is 17.7 Å². The van der Waals surface area contributed by atoms with E-state index in [0.29, 0.717) is 11.6 Å². The summed E-state index contributed by atoms with van der Waals surface area (Å²) in [4.78, 5) is 37.3. The molecule has 0 aliphatic rings. The number of pyridine rings is 1. The average Bonchev–Trinajstić information content (AvgIpc) is 2.64. The van der Waals surface area contributed by atoms with Gasteiger partial charge in [0.15, 0.2) is 24.1 Å². The lowest BCUT2D eigenvalue weighted by Gasteiger charge is -2.08. The maximum atomic E-state index is 13.5. The van der Waals surface area contributed by atoms with Gasteiger partial charge < -0.3 is 15.0 Å². The third kappa shape index (κ3) is 5.14. The number of carbonyl (C=O) groups excluding carboxylic acids is 2. The zero-order valence-electron chi connectivity index (χ0n) is 14.3. The van der Waals surface area contributed by atoms with Crippen molar-refractivity contribution >= 4 is 29.3 Å². The molecule has 1 aromatic heterocycles. The number of carbonyl (C=O) groups is 2. The number of esters is 1. The summed E-state index contributed by atoms with van der Waals surface area (Å²) in [5.41, 5.74) is -0.412. The number of rotatable bonds is 6. The van der Waals surface area contributed by atoms with Gasteiger partial charge in [0, 0.05) is 6.07 Å². The molecule has 1 amide bonds. The minimum atomic E-state index is -1.74. The fourth-order valence-electron chi connectivity index (χ4n) is 2.03. The number of nitrogens with one attached hydrogen (secondary N) is 2. The second-order valence-electron chi connectivity index (χ2n) is 5.35. The Bertz CT molecular complexity index is 1030. The molecule has 0 aliphatic carbocycles. The number of benzene rings is 1. The average molecular weight is 411 g/mol. The Morgan fingerprint density at radius 1 is 1.29 bits per heavy atom. The van der Waals surface area contributed by atoms with Crippen molar-refractivity contribution in [2.24, 2.45) is 0 Å². The molecule has 0 unspecified atom stereocenters. The second kappa shape index (κ2) is 9.09. The van der Waals surface area contributed by atoms with E-state index in [4.69, 9.17) is 5.26 Å². The van der Waals surface area contributed by atoms with Gasteiger partial charge in [0.2, 0.25) is 5.56 Å². The van der Waals surface area contributed by atoms with E-state index in [9.17, 15) is 27.6 Å². The van der Waals surface area contributed by atoms with Crippen LogP contribution in [0.3, 0.4) is 0 Å². The van der Waals surface area contributed by atoms with Crippen molar-refractivity contribution < 1.29 is 27.5 Å². The number of amides is 1. The Hall–Kier alpha value is -3.26. The van der Waals surface area contributed by atoms with Crippen LogP contribution in [-0.4, -0.2) is 29.2 Å². The predicted octanol–water partition coefficient (Wildman–Crippen LogP) is 2.25. The van der Waals surface area contributed by atoms with E-state index < -0.39 is 47.2 Å². The van der Waals surface area contributed by atoms with E-state index in [1.165, 1.54) is 6.07 Å². The Kier molecular flexibility index (Phi) is 6.84. The highest BCUT2D eigenvalue weighted by Crippen LogP contribution is 2.21. The normalized spacial score (nSPS) is 10.2. The van der Waals surface area contributed by atoms with E-state index in [0.717, 1.165) is 17.8 Å². The molecule has 0 fully saturated rings. The first-order chi connectivity index (χ1) is 13.2. The maximum absolute atomic E-state index is 13.5. The highest BCUT2D eigenvalue weighted by atomic mass is 32.2. The van der Waals surface area contributed by atoms with Gasteiger partial charge in [-0.05, 0) is 24.6 Å². The van der Waals surface area contributed by atoms with Crippen molar-refractivity contribution in [1.82, 2.24) is 4.98 Å². The van der Waals surface area contributed by atoms with E-state index >= 15 is 0 Å². The van der Waals surface area contributed by atoms with Crippen LogP contribution >= 0.6 is 11.8 Å². The van der Waals surface area contributed by atoms with Gasteiger partial charge >= 0.3 is 5.97 Å². The number of hydrogen-bond donors (Lipinski definition) is 2. The molecule has 2 rings (SSSR count). The van der Waals surface area contributed by atoms with Gasteiger partial charge in [0.1, 0.15) is 6.07 Å². The summed E-state index contributed by atoms with van der Waals surface area (Å²) in [6.45, 7) is 0.769. The Morgan fingerprint density at radius 3 is 2.68 bits per heavy atom. The molecule has 7 nitrogen and oxygen atoms in total. The summed E-state index contributed by atoms with van der Waals surface area (Å²) in [7, 11) is 0. The number of nitriles is 1. The number of ether oxygens (including phenoxy) is 1. The number of hydrogen-bond acceptors (Lipinski definition) is 6. The standard InChI is InChI=1S/C17H12F3N3O4S/c1-8-4-12(24)23-17(9(8)5-21)28-7-14(26)27-6-13(25)22-11-3-2-10(18)15(19)16(11)20/h2-4H,6-7H2,1H3,(H,22,25)(H,23,24). The van der Waals surface area contributed by atoms with E-state index in [1.54, 1.807) is 6.92 Å². The lowest BCUT2D eigenvalue weighted by Crippen LogP contribution is -2.22. The summed E-state index contributed by atoms with van der Waals surface area (Å²) in [5, 5.41) is 11.2. The van der Waals surface area contributed by atoms with Crippen molar-refractivity contribution in [1.29, 1.82) is 5.26 Å². The van der Waals surface area contributed by atoms with Gasteiger partial charge in [-0.1, -0.05) is 11.8 Å². The molecule has 0 radical (unpaired) electrons. The van der Waals surface area contributed by atoms with Crippen LogP contribution in [0, 0.1) is 35.7 Å². The number of aryl methyl sites for hydroxylation is 1. The minimum absolute atomic E-state index is 0.178. The molecule has 2 N–H and O–H groups in total. The molecule has 2 aromatic rings. The molecule has 0 saturated heterocycles. The third-order valence-corrected chi connectivity index (χ3v) is 4.30. The molecule has 11 heteroatoms. The first kappa shape index (κ1) is 21.0. The van der Waals surface area contributed by atoms with Crippen LogP contribution in [0.15, 0.2) is 28.0 Å². The third-order valence-electron chi connectivity index (χ3n) is 3.33. The van der Waals surface area contributed by atoms with Crippen LogP contribution < -0.4 is 10.9 Å². The number of aromatic nitrogens is 1. The molecular formula is C17H12F3N3O4S. The van der Waals surface area contributed by atoms with Crippen molar-refractivity contribution in [3.05, 3.63) is 57.1 Å². The number of nitrogens with zero attached hydrogens (tertiary/aromatic N) is 1. The molecule has 0 bridgehead atoms. The van der Waals surface area contributed by atoms with Gasteiger partial charge in [-0.2, -0.15) is 5.26 Å². The highest BCUT2D eigenvalue weighted by molar-refractivity contribution is 7.99. The SMILES string of the molecule is Cc1cc(=O)[nH]c(SCC(=O)OCC(=O)Nc2ccc(F)c(F)c2F)c1C#N. The lowest BCUT2D eigenvalue weighted by atomic mass is 10.2. The first-order valence-corrected chi connectivity index (χ1v) is 8.57.